The van der Waals surface area contributed by atoms with Gasteiger partial charge in [0, 0.05) is 6.42 Å². The van der Waals surface area contributed by atoms with E-state index in [1.807, 2.05) is 25.1 Å². The van der Waals surface area contributed by atoms with Gasteiger partial charge in [0.25, 0.3) is 0 Å². The van der Waals surface area contributed by atoms with Gasteiger partial charge in [0.05, 0.1) is 6.04 Å². The first-order valence-corrected chi connectivity index (χ1v) is 7.61. The average Bonchev–Trinajstić information content (AvgIpc) is 2.54. The number of nitrogens with one attached hydrogen (secondary N) is 1. The lowest BCUT2D eigenvalue weighted by atomic mass is 10.0. The molecule has 2 heteroatoms. The van der Waals surface area contributed by atoms with Crippen molar-refractivity contribution in [3.8, 4) is 0 Å². The lowest BCUT2D eigenvalue weighted by Gasteiger charge is -2.15. The maximum absolute atomic E-state index is 12.0. The van der Waals surface area contributed by atoms with Crippen molar-refractivity contribution < 1.29 is 4.79 Å². The maximum atomic E-state index is 12.0. The standard InChI is InChI=1S/C19H23NO/c1-3-16-9-12-18(13-10-16)15(2)20-19(21)14-11-17-7-5-4-6-8-17/h4-10,12-13,15H,3,11,14H2,1-2H3,(H,20,21)/t15-/m1/s1. The van der Waals surface area contributed by atoms with Crippen molar-refractivity contribution in [1.29, 1.82) is 0 Å². The molecule has 0 aliphatic heterocycles. The number of aryl methyl sites for hydroxylation is 2. The Morgan fingerprint density at radius 3 is 2.29 bits per heavy atom. The van der Waals surface area contributed by atoms with Crippen LogP contribution in [0.3, 0.4) is 0 Å². The maximum Gasteiger partial charge on any atom is 0.220 e. The van der Waals surface area contributed by atoms with E-state index in [0.717, 1.165) is 18.4 Å². The van der Waals surface area contributed by atoms with Gasteiger partial charge < -0.3 is 5.32 Å². The van der Waals surface area contributed by atoms with Crippen LogP contribution in [0.2, 0.25) is 0 Å². The molecule has 1 amide bonds. The fourth-order valence-corrected chi connectivity index (χ4v) is 2.34. The van der Waals surface area contributed by atoms with Crippen LogP contribution in [0, 0.1) is 0 Å². The molecule has 0 heterocycles. The lowest BCUT2D eigenvalue weighted by molar-refractivity contribution is -0.121. The molecular formula is C19H23NO. The van der Waals surface area contributed by atoms with Gasteiger partial charge in [-0.2, -0.15) is 0 Å². The number of carbonyl (C=O) groups excluding carboxylic acids is 1. The average molecular weight is 281 g/mol. The van der Waals surface area contributed by atoms with Gasteiger partial charge >= 0.3 is 0 Å². The van der Waals surface area contributed by atoms with E-state index in [2.05, 4.69) is 48.6 Å². The Morgan fingerprint density at radius 1 is 1.00 bits per heavy atom. The fraction of sp³-hybridized carbons (Fsp3) is 0.316. The molecule has 0 bridgehead atoms. The fourth-order valence-electron chi connectivity index (χ4n) is 2.34. The van der Waals surface area contributed by atoms with Crippen LogP contribution in [-0.2, 0) is 17.6 Å². The molecule has 0 fully saturated rings. The van der Waals surface area contributed by atoms with Crippen LogP contribution < -0.4 is 5.32 Å². The molecular weight excluding hydrogens is 258 g/mol. The highest BCUT2D eigenvalue weighted by Gasteiger charge is 2.09. The third kappa shape index (κ3) is 4.75. The van der Waals surface area contributed by atoms with Crippen LogP contribution in [0.5, 0.6) is 0 Å². The summed E-state index contributed by atoms with van der Waals surface area (Å²) in [5.41, 5.74) is 3.68. The van der Waals surface area contributed by atoms with Crippen LogP contribution >= 0.6 is 0 Å². The summed E-state index contributed by atoms with van der Waals surface area (Å²) in [6.07, 6.45) is 2.35. The van der Waals surface area contributed by atoms with Crippen LogP contribution in [0.1, 0.15) is 43.0 Å². The Labute approximate surface area is 127 Å². The summed E-state index contributed by atoms with van der Waals surface area (Å²) in [6, 6.07) is 18.6. The summed E-state index contributed by atoms with van der Waals surface area (Å²) < 4.78 is 0. The second kappa shape index (κ2) is 7.63. The molecule has 2 aromatic rings. The van der Waals surface area contributed by atoms with Crippen molar-refractivity contribution in [3.05, 3.63) is 71.3 Å². The van der Waals surface area contributed by atoms with Crippen LogP contribution in [0.4, 0.5) is 0 Å². The van der Waals surface area contributed by atoms with E-state index in [-0.39, 0.29) is 11.9 Å². The van der Waals surface area contributed by atoms with Gasteiger partial charge in [-0.25, -0.2) is 0 Å². The molecule has 0 aliphatic rings. The summed E-state index contributed by atoms with van der Waals surface area (Å²) in [4.78, 5) is 12.0. The van der Waals surface area contributed by atoms with E-state index in [4.69, 9.17) is 0 Å². The van der Waals surface area contributed by atoms with Gasteiger partial charge in [-0.05, 0) is 36.5 Å². The molecule has 0 radical (unpaired) electrons. The molecule has 2 rings (SSSR count). The molecule has 1 atom stereocenters. The second-order valence-corrected chi connectivity index (χ2v) is 5.37. The van der Waals surface area contributed by atoms with Gasteiger partial charge in [-0.3, -0.25) is 4.79 Å². The van der Waals surface area contributed by atoms with Crippen molar-refractivity contribution in [1.82, 2.24) is 5.32 Å². The number of amides is 1. The van der Waals surface area contributed by atoms with Crippen LogP contribution in [0.15, 0.2) is 54.6 Å². The van der Waals surface area contributed by atoms with Crippen molar-refractivity contribution in [2.75, 3.05) is 0 Å². The van der Waals surface area contributed by atoms with Crippen LogP contribution in [-0.4, -0.2) is 5.91 Å². The molecule has 0 aromatic heterocycles. The van der Waals surface area contributed by atoms with Crippen molar-refractivity contribution in [2.24, 2.45) is 0 Å². The largest absolute Gasteiger partial charge is 0.350 e. The zero-order chi connectivity index (χ0) is 15.1. The van der Waals surface area contributed by atoms with Crippen molar-refractivity contribution >= 4 is 5.91 Å². The number of rotatable bonds is 6. The second-order valence-electron chi connectivity index (χ2n) is 5.37. The molecule has 2 nitrogen and oxygen atoms in total. The first-order chi connectivity index (χ1) is 10.2. The topological polar surface area (TPSA) is 29.1 Å². The van der Waals surface area contributed by atoms with E-state index in [0.29, 0.717) is 6.42 Å². The molecule has 2 aromatic carbocycles. The van der Waals surface area contributed by atoms with Gasteiger partial charge in [-0.1, -0.05) is 61.5 Å². The van der Waals surface area contributed by atoms with E-state index in [1.165, 1.54) is 11.1 Å². The lowest BCUT2D eigenvalue weighted by Crippen LogP contribution is -2.26. The van der Waals surface area contributed by atoms with Crippen LogP contribution in [0.25, 0.3) is 0 Å². The molecule has 21 heavy (non-hydrogen) atoms. The Kier molecular flexibility index (Phi) is 5.56. The SMILES string of the molecule is CCc1ccc([C@@H](C)NC(=O)CCc2ccccc2)cc1. The van der Waals surface area contributed by atoms with Gasteiger partial charge in [-0.15, -0.1) is 0 Å². The van der Waals surface area contributed by atoms with Gasteiger partial charge in [0.1, 0.15) is 0 Å². The van der Waals surface area contributed by atoms with Gasteiger partial charge in [0.2, 0.25) is 5.91 Å². The third-order valence-electron chi connectivity index (χ3n) is 3.75. The van der Waals surface area contributed by atoms with Crippen molar-refractivity contribution in [3.63, 3.8) is 0 Å². The minimum Gasteiger partial charge on any atom is -0.350 e. The summed E-state index contributed by atoms with van der Waals surface area (Å²) in [6.45, 7) is 4.17. The van der Waals surface area contributed by atoms with Gasteiger partial charge in [0.15, 0.2) is 0 Å². The Morgan fingerprint density at radius 2 is 1.67 bits per heavy atom. The predicted octanol–water partition coefficient (Wildman–Crippen LogP) is 4.06. The minimum atomic E-state index is 0.0548. The number of benzene rings is 2. The zero-order valence-corrected chi connectivity index (χ0v) is 12.8. The zero-order valence-electron chi connectivity index (χ0n) is 12.8. The predicted molar refractivity (Wildman–Crippen MR) is 87.1 cm³/mol. The monoisotopic (exact) mass is 281 g/mol. The molecule has 0 saturated heterocycles. The van der Waals surface area contributed by atoms with E-state index in [9.17, 15) is 4.79 Å². The first kappa shape index (κ1) is 15.3. The normalized spacial score (nSPS) is 11.9. The number of hydrogen-bond acceptors (Lipinski definition) is 1. The summed E-state index contributed by atoms with van der Waals surface area (Å²) >= 11 is 0. The molecule has 0 saturated carbocycles. The molecule has 0 aliphatic carbocycles. The van der Waals surface area contributed by atoms with E-state index < -0.39 is 0 Å². The Bertz CT molecular complexity index is 560. The number of hydrogen-bond donors (Lipinski definition) is 1. The Hall–Kier alpha value is -2.09. The third-order valence-corrected chi connectivity index (χ3v) is 3.75. The molecule has 1 N–H and O–H groups in total. The molecule has 0 spiro atoms. The minimum absolute atomic E-state index is 0.0548. The molecule has 110 valence electrons. The van der Waals surface area contributed by atoms with E-state index >= 15 is 0 Å². The molecule has 0 unspecified atom stereocenters. The highest BCUT2D eigenvalue weighted by Crippen LogP contribution is 2.14. The first-order valence-electron chi connectivity index (χ1n) is 7.61. The highest BCUT2D eigenvalue weighted by atomic mass is 16.1. The number of carbonyl (C=O) groups is 1. The smallest absolute Gasteiger partial charge is 0.220 e. The summed E-state index contributed by atoms with van der Waals surface area (Å²) in [7, 11) is 0. The summed E-state index contributed by atoms with van der Waals surface area (Å²) in [5, 5.41) is 3.06. The van der Waals surface area contributed by atoms with Crippen molar-refractivity contribution in [2.45, 2.75) is 39.2 Å². The Balaban J connectivity index is 1.83. The highest BCUT2D eigenvalue weighted by molar-refractivity contribution is 5.76. The summed E-state index contributed by atoms with van der Waals surface area (Å²) in [5.74, 6) is 0.103. The van der Waals surface area contributed by atoms with E-state index in [1.54, 1.807) is 0 Å². The quantitative estimate of drug-likeness (QED) is 0.850.